The van der Waals surface area contributed by atoms with E-state index in [1.165, 1.54) is 24.1 Å². The highest BCUT2D eigenvalue weighted by atomic mass is 32.1. The van der Waals surface area contributed by atoms with Gasteiger partial charge in [-0.05, 0) is 37.9 Å². The standard InChI is InChI=1S/C9H13N3S/c1-12-7-5-3-2-4-6(7)8(10)11-9(12)13/h2-5H2,1H3,(H2,10,11,13). The molecule has 0 unspecified atom stereocenters. The normalized spacial score (nSPS) is 15.5. The third-order valence-corrected chi connectivity index (χ3v) is 3.02. The second-order valence-electron chi connectivity index (χ2n) is 3.47. The average Bonchev–Trinajstić information content (AvgIpc) is 2.15. The van der Waals surface area contributed by atoms with Crippen LogP contribution in [0.1, 0.15) is 24.1 Å². The summed E-state index contributed by atoms with van der Waals surface area (Å²) in [6.45, 7) is 0. The Balaban J connectivity index is 2.70. The van der Waals surface area contributed by atoms with Crippen molar-refractivity contribution < 1.29 is 0 Å². The number of nitrogens with zero attached hydrogens (tertiary/aromatic N) is 2. The van der Waals surface area contributed by atoms with E-state index in [-0.39, 0.29) is 0 Å². The topological polar surface area (TPSA) is 43.8 Å². The molecular formula is C9H13N3S. The van der Waals surface area contributed by atoms with Gasteiger partial charge in [0.05, 0.1) is 0 Å². The number of rotatable bonds is 0. The fraction of sp³-hybridized carbons (Fsp3) is 0.556. The van der Waals surface area contributed by atoms with E-state index < -0.39 is 0 Å². The molecule has 0 spiro atoms. The summed E-state index contributed by atoms with van der Waals surface area (Å²) >= 11 is 5.10. The Morgan fingerprint density at radius 1 is 1.38 bits per heavy atom. The van der Waals surface area contributed by atoms with Crippen LogP contribution in [-0.2, 0) is 19.9 Å². The minimum Gasteiger partial charge on any atom is -0.383 e. The number of nitrogen functional groups attached to an aromatic ring is 1. The number of nitrogens with two attached hydrogens (primary N) is 1. The molecular weight excluding hydrogens is 182 g/mol. The van der Waals surface area contributed by atoms with Crippen molar-refractivity contribution in [3.8, 4) is 0 Å². The molecule has 4 heteroatoms. The van der Waals surface area contributed by atoms with Gasteiger partial charge in [0.1, 0.15) is 5.82 Å². The van der Waals surface area contributed by atoms with Gasteiger partial charge in [-0.15, -0.1) is 0 Å². The van der Waals surface area contributed by atoms with Crippen LogP contribution in [0, 0.1) is 4.77 Å². The molecule has 1 aromatic rings. The van der Waals surface area contributed by atoms with Gasteiger partial charge < -0.3 is 10.3 Å². The maximum absolute atomic E-state index is 5.82. The number of fused-ring (bicyclic) bond motifs is 1. The van der Waals surface area contributed by atoms with Gasteiger partial charge in [0.25, 0.3) is 0 Å². The smallest absolute Gasteiger partial charge is 0.201 e. The van der Waals surface area contributed by atoms with E-state index in [4.69, 9.17) is 18.0 Å². The van der Waals surface area contributed by atoms with E-state index in [9.17, 15) is 0 Å². The zero-order valence-electron chi connectivity index (χ0n) is 7.71. The van der Waals surface area contributed by atoms with Crippen LogP contribution in [0.5, 0.6) is 0 Å². The zero-order chi connectivity index (χ0) is 9.42. The lowest BCUT2D eigenvalue weighted by atomic mass is 9.96. The van der Waals surface area contributed by atoms with Crippen molar-refractivity contribution in [2.75, 3.05) is 5.73 Å². The SMILES string of the molecule is Cn1c2c(c(N)nc1=S)CCCC2. The summed E-state index contributed by atoms with van der Waals surface area (Å²) < 4.78 is 2.58. The van der Waals surface area contributed by atoms with Gasteiger partial charge in [-0.25, -0.2) is 4.98 Å². The fourth-order valence-corrected chi connectivity index (χ4v) is 2.10. The van der Waals surface area contributed by atoms with Crippen LogP contribution >= 0.6 is 12.2 Å². The predicted octanol–water partition coefficient (Wildman–Crippen LogP) is 1.61. The summed E-state index contributed by atoms with van der Waals surface area (Å²) in [5, 5.41) is 0. The lowest BCUT2D eigenvalue weighted by Crippen LogP contribution is -2.16. The Morgan fingerprint density at radius 2 is 2.08 bits per heavy atom. The van der Waals surface area contributed by atoms with Crippen molar-refractivity contribution in [2.24, 2.45) is 7.05 Å². The first-order valence-corrected chi connectivity index (χ1v) is 4.95. The maximum Gasteiger partial charge on any atom is 0.201 e. The summed E-state index contributed by atoms with van der Waals surface area (Å²) in [5.41, 5.74) is 8.31. The van der Waals surface area contributed by atoms with E-state index in [1.807, 2.05) is 11.6 Å². The molecule has 0 fully saturated rings. The van der Waals surface area contributed by atoms with E-state index in [2.05, 4.69) is 4.98 Å². The van der Waals surface area contributed by atoms with E-state index in [0.717, 1.165) is 12.8 Å². The molecule has 1 aliphatic rings. The van der Waals surface area contributed by atoms with Crippen LogP contribution in [0.15, 0.2) is 0 Å². The summed E-state index contributed by atoms with van der Waals surface area (Å²) in [6, 6.07) is 0. The number of anilines is 1. The van der Waals surface area contributed by atoms with Crippen molar-refractivity contribution in [1.29, 1.82) is 0 Å². The highest BCUT2D eigenvalue weighted by Crippen LogP contribution is 2.24. The van der Waals surface area contributed by atoms with E-state index in [0.29, 0.717) is 10.6 Å². The highest BCUT2D eigenvalue weighted by Gasteiger charge is 2.15. The minimum absolute atomic E-state index is 0.596. The van der Waals surface area contributed by atoms with Gasteiger partial charge >= 0.3 is 0 Å². The molecule has 0 aliphatic heterocycles. The average molecular weight is 195 g/mol. The highest BCUT2D eigenvalue weighted by molar-refractivity contribution is 7.71. The van der Waals surface area contributed by atoms with Crippen molar-refractivity contribution in [3.05, 3.63) is 16.0 Å². The van der Waals surface area contributed by atoms with Crippen LogP contribution in [0.3, 0.4) is 0 Å². The summed E-state index contributed by atoms with van der Waals surface area (Å²) in [7, 11) is 1.97. The number of hydrogen-bond acceptors (Lipinski definition) is 3. The minimum atomic E-state index is 0.596. The lowest BCUT2D eigenvalue weighted by molar-refractivity contribution is 0.620. The molecule has 0 saturated carbocycles. The summed E-state index contributed by atoms with van der Waals surface area (Å²) in [4.78, 5) is 4.14. The molecule has 0 saturated heterocycles. The Kier molecular flexibility index (Phi) is 2.07. The van der Waals surface area contributed by atoms with E-state index in [1.54, 1.807) is 0 Å². The first-order valence-electron chi connectivity index (χ1n) is 4.54. The van der Waals surface area contributed by atoms with Crippen molar-refractivity contribution in [1.82, 2.24) is 9.55 Å². The first-order chi connectivity index (χ1) is 6.20. The van der Waals surface area contributed by atoms with Gasteiger partial charge in [0.2, 0.25) is 4.77 Å². The van der Waals surface area contributed by atoms with E-state index >= 15 is 0 Å². The molecule has 3 nitrogen and oxygen atoms in total. The molecule has 13 heavy (non-hydrogen) atoms. The zero-order valence-corrected chi connectivity index (χ0v) is 8.52. The van der Waals surface area contributed by atoms with Gasteiger partial charge in [-0.3, -0.25) is 0 Å². The maximum atomic E-state index is 5.82. The van der Waals surface area contributed by atoms with Crippen molar-refractivity contribution in [3.63, 3.8) is 0 Å². The Labute approximate surface area is 82.6 Å². The Hall–Kier alpha value is -0.900. The van der Waals surface area contributed by atoms with Crippen LogP contribution in [0.25, 0.3) is 0 Å². The van der Waals surface area contributed by atoms with Gasteiger partial charge in [0.15, 0.2) is 0 Å². The second kappa shape index (κ2) is 3.10. The molecule has 0 aromatic carbocycles. The molecule has 1 aromatic heterocycles. The number of aromatic nitrogens is 2. The monoisotopic (exact) mass is 195 g/mol. The molecule has 0 radical (unpaired) electrons. The van der Waals surface area contributed by atoms with Gasteiger partial charge in [-0.1, -0.05) is 0 Å². The third-order valence-electron chi connectivity index (χ3n) is 2.66. The summed E-state index contributed by atoms with van der Waals surface area (Å²) in [6.07, 6.45) is 4.59. The first kappa shape index (κ1) is 8.69. The van der Waals surface area contributed by atoms with Crippen molar-refractivity contribution >= 4 is 18.0 Å². The molecule has 0 amide bonds. The van der Waals surface area contributed by atoms with Gasteiger partial charge in [-0.2, -0.15) is 0 Å². The quantitative estimate of drug-likeness (QED) is 0.640. The molecule has 1 heterocycles. The van der Waals surface area contributed by atoms with Crippen LogP contribution in [0.2, 0.25) is 0 Å². The molecule has 70 valence electrons. The van der Waals surface area contributed by atoms with Crippen LogP contribution < -0.4 is 5.73 Å². The number of hydrogen-bond donors (Lipinski definition) is 1. The molecule has 0 atom stereocenters. The van der Waals surface area contributed by atoms with Crippen LogP contribution in [-0.4, -0.2) is 9.55 Å². The predicted molar refractivity (Wildman–Crippen MR) is 55.1 cm³/mol. The fourth-order valence-electron chi connectivity index (χ4n) is 1.90. The van der Waals surface area contributed by atoms with Crippen LogP contribution in [0.4, 0.5) is 5.82 Å². The molecule has 1 aliphatic carbocycles. The second-order valence-corrected chi connectivity index (χ2v) is 3.84. The Bertz CT molecular complexity index is 395. The largest absolute Gasteiger partial charge is 0.383 e. The summed E-state index contributed by atoms with van der Waals surface area (Å²) in [5.74, 6) is 0.637. The van der Waals surface area contributed by atoms with Crippen molar-refractivity contribution in [2.45, 2.75) is 25.7 Å². The molecule has 2 N–H and O–H groups in total. The molecule has 0 bridgehead atoms. The third kappa shape index (κ3) is 1.35. The Morgan fingerprint density at radius 3 is 2.85 bits per heavy atom. The molecule has 2 rings (SSSR count). The lowest BCUT2D eigenvalue weighted by Gasteiger charge is -2.20. The van der Waals surface area contributed by atoms with Gasteiger partial charge in [0, 0.05) is 18.3 Å².